The van der Waals surface area contributed by atoms with Crippen LogP contribution in [0.3, 0.4) is 0 Å². The number of hydrogen-bond acceptors (Lipinski definition) is 1. The Bertz CT molecular complexity index is 529. The third kappa shape index (κ3) is 2.53. The molecular weight excluding hydrogens is 215 g/mol. The quantitative estimate of drug-likeness (QED) is 0.789. The number of phenolic OH excluding ortho intramolecular Hbond substituents is 1. The molecule has 0 amide bonds. The van der Waals surface area contributed by atoms with Gasteiger partial charge in [-0.3, -0.25) is 0 Å². The summed E-state index contributed by atoms with van der Waals surface area (Å²) in [4.78, 5) is 0. The summed E-state index contributed by atoms with van der Waals surface area (Å²) in [7, 11) is 0. The fraction of sp³-hybridized carbons (Fsp3) is 0.0667. The van der Waals surface area contributed by atoms with Crippen molar-refractivity contribution in [2.75, 3.05) is 0 Å². The van der Waals surface area contributed by atoms with E-state index in [-0.39, 0.29) is 5.75 Å². The maximum absolute atomic E-state index is 13.2. The molecule has 2 heteroatoms. The summed E-state index contributed by atoms with van der Waals surface area (Å²) in [5, 5.41) is 9.12. The van der Waals surface area contributed by atoms with Crippen LogP contribution in [0.1, 0.15) is 5.56 Å². The van der Waals surface area contributed by atoms with Crippen LogP contribution >= 0.6 is 0 Å². The summed E-state index contributed by atoms with van der Waals surface area (Å²) in [6.45, 7) is 3.68. The molecule has 0 saturated carbocycles. The highest BCUT2D eigenvalue weighted by molar-refractivity contribution is 5.64. The standard InChI is InChI=1S/C15H13FO/c1-2-3-11-4-6-12(7-5-11)13-8-9-15(17)14(16)10-13/h2,4-10,17H,1,3H2. The fourth-order valence-electron chi connectivity index (χ4n) is 1.69. The molecule has 2 rings (SSSR count). The highest BCUT2D eigenvalue weighted by Crippen LogP contribution is 2.25. The van der Waals surface area contributed by atoms with E-state index >= 15 is 0 Å². The first-order valence-corrected chi connectivity index (χ1v) is 5.39. The molecule has 0 bridgehead atoms. The van der Waals surface area contributed by atoms with Gasteiger partial charge < -0.3 is 5.11 Å². The van der Waals surface area contributed by atoms with Gasteiger partial charge in [0.1, 0.15) is 0 Å². The predicted octanol–water partition coefficient (Wildman–Crippen LogP) is 3.93. The van der Waals surface area contributed by atoms with Crippen LogP contribution < -0.4 is 0 Å². The van der Waals surface area contributed by atoms with Gasteiger partial charge in [-0.2, -0.15) is 0 Å². The Morgan fingerprint density at radius 1 is 1.06 bits per heavy atom. The van der Waals surface area contributed by atoms with Crippen molar-refractivity contribution in [1.82, 2.24) is 0 Å². The first-order chi connectivity index (χ1) is 8.20. The fourth-order valence-corrected chi connectivity index (χ4v) is 1.69. The van der Waals surface area contributed by atoms with Gasteiger partial charge in [0.2, 0.25) is 0 Å². The lowest BCUT2D eigenvalue weighted by Crippen LogP contribution is -1.83. The van der Waals surface area contributed by atoms with Gasteiger partial charge >= 0.3 is 0 Å². The van der Waals surface area contributed by atoms with E-state index < -0.39 is 5.82 Å². The van der Waals surface area contributed by atoms with Gasteiger partial charge in [0.05, 0.1) is 0 Å². The Hall–Kier alpha value is -2.09. The van der Waals surface area contributed by atoms with E-state index in [0.717, 1.165) is 17.5 Å². The van der Waals surface area contributed by atoms with Crippen LogP contribution in [0.4, 0.5) is 4.39 Å². The molecule has 0 aromatic heterocycles. The summed E-state index contributed by atoms with van der Waals surface area (Å²) in [6.07, 6.45) is 2.67. The number of aromatic hydroxyl groups is 1. The zero-order valence-corrected chi connectivity index (χ0v) is 9.36. The molecule has 0 fully saturated rings. The van der Waals surface area contributed by atoms with Crippen LogP contribution in [0.25, 0.3) is 11.1 Å². The van der Waals surface area contributed by atoms with E-state index in [0.29, 0.717) is 0 Å². The molecule has 86 valence electrons. The Balaban J connectivity index is 2.32. The summed E-state index contributed by atoms with van der Waals surface area (Å²) < 4.78 is 13.2. The van der Waals surface area contributed by atoms with Gasteiger partial charge in [0.25, 0.3) is 0 Å². The van der Waals surface area contributed by atoms with E-state index in [1.54, 1.807) is 6.07 Å². The molecule has 17 heavy (non-hydrogen) atoms. The zero-order valence-electron chi connectivity index (χ0n) is 9.36. The van der Waals surface area contributed by atoms with Gasteiger partial charge in [-0.15, -0.1) is 6.58 Å². The molecule has 0 radical (unpaired) electrons. The first kappa shape index (κ1) is 11.4. The van der Waals surface area contributed by atoms with Crippen LogP contribution in [-0.4, -0.2) is 5.11 Å². The number of hydrogen-bond donors (Lipinski definition) is 1. The minimum atomic E-state index is -0.599. The second-order valence-corrected chi connectivity index (χ2v) is 3.86. The minimum absolute atomic E-state index is 0.322. The average molecular weight is 228 g/mol. The molecule has 0 aliphatic heterocycles. The molecule has 0 heterocycles. The van der Waals surface area contributed by atoms with Crippen LogP contribution in [0.15, 0.2) is 55.1 Å². The van der Waals surface area contributed by atoms with Gasteiger partial charge in [0, 0.05) is 0 Å². The van der Waals surface area contributed by atoms with E-state index in [1.165, 1.54) is 17.7 Å². The Morgan fingerprint density at radius 3 is 2.29 bits per heavy atom. The Kier molecular flexibility index (Phi) is 3.24. The number of phenols is 1. The van der Waals surface area contributed by atoms with Crippen molar-refractivity contribution in [3.05, 3.63) is 66.5 Å². The summed E-state index contributed by atoms with van der Waals surface area (Å²) in [5.41, 5.74) is 2.85. The van der Waals surface area contributed by atoms with Crippen LogP contribution in [0.5, 0.6) is 5.75 Å². The number of rotatable bonds is 3. The number of halogens is 1. The molecule has 0 aliphatic carbocycles. The van der Waals surface area contributed by atoms with Crippen molar-refractivity contribution in [2.24, 2.45) is 0 Å². The zero-order chi connectivity index (χ0) is 12.3. The Labute approximate surface area is 99.9 Å². The summed E-state index contributed by atoms with van der Waals surface area (Å²) in [6, 6.07) is 12.2. The van der Waals surface area contributed by atoms with Gasteiger partial charge in [0.15, 0.2) is 11.6 Å². The Morgan fingerprint density at radius 2 is 1.71 bits per heavy atom. The van der Waals surface area contributed by atoms with E-state index in [9.17, 15) is 4.39 Å². The second-order valence-electron chi connectivity index (χ2n) is 3.86. The van der Waals surface area contributed by atoms with E-state index in [4.69, 9.17) is 5.11 Å². The van der Waals surface area contributed by atoms with Crippen LogP contribution in [0.2, 0.25) is 0 Å². The normalized spacial score (nSPS) is 10.2. The summed E-state index contributed by atoms with van der Waals surface area (Å²) >= 11 is 0. The third-order valence-corrected chi connectivity index (χ3v) is 2.61. The molecule has 0 unspecified atom stereocenters. The van der Waals surface area contributed by atoms with Gasteiger partial charge in [-0.05, 0) is 35.2 Å². The van der Waals surface area contributed by atoms with Crippen molar-refractivity contribution in [2.45, 2.75) is 6.42 Å². The second kappa shape index (κ2) is 4.83. The van der Waals surface area contributed by atoms with Crippen molar-refractivity contribution in [1.29, 1.82) is 0 Å². The number of benzene rings is 2. The summed E-state index contributed by atoms with van der Waals surface area (Å²) in [5.74, 6) is -0.922. The monoisotopic (exact) mass is 228 g/mol. The molecule has 2 aromatic carbocycles. The molecule has 0 saturated heterocycles. The molecule has 2 aromatic rings. The van der Waals surface area contributed by atoms with Crippen LogP contribution in [-0.2, 0) is 6.42 Å². The topological polar surface area (TPSA) is 20.2 Å². The maximum atomic E-state index is 13.2. The largest absolute Gasteiger partial charge is 0.505 e. The highest BCUT2D eigenvalue weighted by atomic mass is 19.1. The lowest BCUT2D eigenvalue weighted by atomic mass is 10.0. The molecule has 1 nitrogen and oxygen atoms in total. The van der Waals surface area contributed by atoms with Crippen molar-refractivity contribution in [3.8, 4) is 16.9 Å². The van der Waals surface area contributed by atoms with Gasteiger partial charge in [-0.1, -0.05) is 36.4 Å². The molecule has 1 N–H and O–H groups in total. The minimum Gasteiger partial charge on any atom is -0.505 e. The average Bonchev–Trinajstić information content (AvgIpc) is 2.34. The predicted molar refractivity (Wildman–Crippen MR) is 67.4 cm³/mol. The molecular formula is C15H13FO. The molecule has 0 atom stereocenters. The van der Waals surface area contributed by atoms with Gasteiger partial charge in [-0.25, -0.2) is 4.39 Å². The SMILES string of the molecule is C=CCc1ccc(-c2ccc(O)c(F)c2)cc1. The van der Waals surface area contributed by atoms with E-state index in [2.05, 4.69) is 6.58 Å². The lowest BCUT2D eigenvalue weighted by molar-refractivity contribution is 0.432. The number of allylic oxidation sites excluding steroid dienone is 1. The van der Waals surface area contributed by atoms with Crippen molar-refractivity contribution >= 4 is 0 Å². The van der Waals surface area contributed by atoms with Crippen LogP contribution in [0, 0.1) is 5.82 Å². The highest BCUT2D eigenvalue weighted by Gasteiger charge is 2.03. The third-order valence-electron chi connectivity index (χ3n) is 2.61. The van der Waals surface area contributed by atoms with Crippen molar-refractivity contribution in [3.63, 3.8) is 0 Å². The molecule has 0 spiro atoms. The van der Waals surface area contributed by atoms with Crippen molar-refractivity contribution < 1.29 is 9.50 Å². The lowest BCUT2D eigenvalue weighted by Gasteiger charge is -2.04. The molecule has 0 aliphatic rings. The van der Waals surface area contributed by atoms with E-state index in [1.807, 2.05) is 30.3 Å². The smallest absolute Gasteiger partial charge is 0.165 e. The maximum Gasteiger partial charge on any atom is 0.165 e. The first-order valence-electron chi connectivity index (χ1n) is 5.39.